The zero-order valence-electron chi connectivity index (χ0n) is 7.25. The Bertz CT molecular complexity index is 473. The van der Waals surface area contributed by atoms with Crippen molar-refractivity contribution in [2.24, 2.45) is 0 Å². The highest BCUT2D eigenvalue weighted by Crippen LogP contribution is 2.19. The average Bonchev–Trinajstić information content (AvgIpc) is 2.17. The third kappa shape index (κ3) is 1.32. The van der Waals surface area contributed by atoms with Crippen LogP contribution in [0.1, 0.15) is 0 Å². The van der Waals surface area contributed by atoms with Crippen molar-refractivity contribution < 1.29 is 15.2 Å². The van der Waals surface area contributed by atoms with E-state index in [-0.39, 0.29) is 5.75 Å². The first kappa shape index (κ1) is 8.99. The van der Waals surface area contributed by atoms with Crippen molar-refractivity contribution in [1.82, 2.24) is 4.98 Å². The number of phenols is 1. The van der Waals surface area contributed by atoms with Crippen LogP contribution in [0.3, 0.4) is 0 Å². The molecule has 3 N–H and O–H groups in total. The zero-order valence-corrected chi connectivity index (χ0v) is 7.25. The maximum absolute atomic E-state index is 9.45. The standard InChI is InChI=1S/C9H8BNO3/c12-8-3-1-2-6-7(10(13)14)4-5-11-9(6)8/h1-5,12-14H. The van der Waals surface area contributed by atoms with E-state index in [2.05, 4.69) is 4.98 Å². The fourth-order valence-electron chi connectivity index (χ4n) is 1.41. The lowest BCUT2D eigenvalue weighted by atomic mass is 9.78. The number of para-hydroxylation sites is 1. The number of hydrogen-bond acceptors (Lipinski definition) is 4. The maximum Gasteiger partial charge on any atom is 0.489 e. The number of pyridine rings is 1. The van der Waals surface area contributed by atoms with Crippen LogP contribution in [0.4, 0.5) is 0 Å². The third-order valence-corrected chi connectivity index (χ3v) is 2.06. The fraction of sp³-hybridized carbons (Fsp3) is 0. The van der Waals surface area contributed by atoms with Gasteiger partial charge in [-0.3, -0.25) is 4.98 Å². The third-order valence-electron chi connectivity index (χ3n) is 2.06. The van der Waals surface area contributed by atoms with Gasteiger partial charge in [-0.25, -0.2) is 0 Å². The molecule has 70 valence electrons. The van der Waals surface area contributed by atoms with E-state index < -0.39 is 7.12 Å². The fourth-order valence-corrected chi connectivity index (χ4v) is 1.41. The normalized spacial score (nSPS) is 10.4. The van der Waals surface area contributed by atoms with Crippen molar-refractivity contribution in [2.45, 2.75) is 0 Å². The monoisotopic (exact) mass is 189 g/mol. The van der Waals surface area contributed by atoms with Crippen LogP contribution in [0.15, 0.2) is 30.5 Å². The molecule has 0 fully saturated rings. The van der Waals surface area contributed by atoms with Gasteiger partial charge in [-0.15, -0.1) is 0 Å². The van der Waals surface area contributed by atoms with Crippen LogP contribution >= 0.6 is 0 Å². The second-order valence-electron chi connectivity index (χ2n) is 2.95. The molecule has 0 amide bonds. The molecule has 0 radical (unpaired) electrons. The molecule has 0 aliphatic heterocycles. The van der Waals surface area contributed by atoms with Gasteiger partial charge in [0.15, 0.2) is 0 Å². The number of aromatic hydroxyl groups is 1. The molecular formula is C9H8BNO3. The van der Waals surface area contributed by atoms with E-state index in [1.165, 1.54) is 18.3 Å². The summed E-state index contributed by atoms with van der Waals surface area (Å²) in [6, 6.07) is 6.32. The van der Waals surface area contributed by atoms with E-state index in [0.717, 1.165) is 0 Å². The van der Waals surface area contributed by atoms with Gasteiger partial charge < -0.3 is 15.2 Å². The van der Waals surface area contributed by atoms with Crippen LogP contribution in [0.25, 0.3) is 10.9 Å². The van der Waals surface area contributed by atoms with E-state index in [1.807, 2.05) is 0 Å². The Morgan fingerprint density at radius 1 is 1.14 bits per heavy atom. The first-order chi connectivity index (χ1) is 6.70. The molecule has 0 atom stereocenters. The lowest BCUT2D eigenvalue weighted by Gasteiger charge is -2.05. The van der Waals surface area contributed by atoms with E-state index in [4.69, 9.17) is 10.0 Å². The predicted octanol–water partition coefficient (Wildman–Crippen LogP) is -0.380. The van der Waals surface area contributed by atoms with Gasteiger partial charge in [0, 0.05) is 11.6 Å². The van der Waals surface area contributed by atoms with Crippen LogP contribution in [-0.4, -0.2) is 27.3 Å². The van der Waals surface area contributed by atoms with E-state index >= 15 is 0 Å². The Morgan fingerprint density at radius 3 is 2.64 bits per heavy atom. The highest BCUT2D eigenvalue weighted by molar-refractivity contribution is 6.61. The summed E-state index contributed by atoms with van der Waals surface area (Å²) in [5.41, 5.74) is 0.712. The molecule has 2 rings (SSSR count). The van der Waals surface area contributed by atoms with E-state index in [0.29, 0.717) is 16.4 Å². The van der Waals surface area contributed by atoms with Crippen LogP contribution in [0.5, 0.6) is 5.75 Å². The number of fused-ring (bicyclic) bond motifs is 1. The number of hydrogen-bond donors (Lipinski definition) is 3. The van der Waals surface area contributed by atoms with Gasteiger partial charge in [0.05, 0.1) is 0 Å². The van der Waals surface area contributed by atoms with Crippen LogP contribution in [-0.2, 0) is 0 Å². The summed E-state index contributed by atoms with van der Waals surface area (Å²) in [6.45, 7) is 0. The summed E-state index contributed by atoms with van der Waals surface area (Å²) in [7, 11) is -1.55. The van der Waals surface area contributed by atoms with Crippen LogP contribution in [0.2, 0.25) is 0 Å². The van der Waals surface area contributed by atoms with Crippen LogP contribution in [0, 0.1) is 0 Å². The van der Waals surface area contributed by atoms with Gasteiger partial charge in [0.2, 0.25) is 0 Å². The molecule has 0 aliphatic carbocycles. The van der Waals surface area contributed by atoms with Gasteiger partial charge in [-0.2, -0.15) is 0 Å². The minimum Gasteiger partial charge on any atom is -0.506 e. The highest BCUT2D eigenvalue weighted by atomic mass is 16.4. The van der Waals surface area contributed by atoms with Gasteiger partial charge >= 0.3 is 7.12 Å². The molecule has 1 aromatic carbocycles. The number of rotatable bonds is 1. The molecule has 2 aromatic rings. The van der Waals surface area contributed by atoms with E-state index in [9.17, 15) is 5.11 Å². The van der Waals surface area contributed by atoms with Gasteiger partial charge in [-0.05, 0) is 17.6 Å². The number of aromatic nitrogens is 1. The molecule has 0 bridgehead atoms. The van der Waals surface area contributed by atoms with Gasteiger partial charge in [0.1, 0.15) is 11.3 Å². The Kier molecular flexibility index (Phi) is 2.11. The minimum absolute atomic E-state index is 0.0324. The summed E-state index contributed by atoms with van der Waals surface area (Å²) in [5, 5.41) is 28.1. The van der Waals surface area contributed by atoms with Crippen molar-refractivity contribution in [3.05, 3.63) is 30.5 Å². The summed E-state index contributed by atoms with van der Waals surface area (Å²) in [4.78, 5) is 3.95. The van der Waals surface area contributed by atoms with Gasteiger partial charge in [-0.1, -0.05) is 12.1 Å². The van der Waals surface area contributed by atoms with Crippen molar-refractivity contribution in [1.29, 1.82) is 0 Å². The van der Waals surface area contributed by atoms with Crippen LogP contribution < -0.4 is 5.46 Å². The highest BCUT2D eigenvalue weighted by Gasteiger charge is 2.15. The topological polar surface area (TPSA) is 73.6 Å². The molecule has 0 spiro atoms. The average molecular weight is 189 g/mol. The quantitative estimate of drug-likeness (QED) is 0.534. The number of nitrogens with zero attached hydrogens (tertiary/aromatic N) is 1. The van der Waals surface area contributed by atoms with Crippen molar-refractivity contribution in [2.75, 3.05) is 0 Å². The molecule has 0 saturated heterocycles. The lowest BCUT2D eigenvalue weighted by molar-refractivity contribution is 0.426. The molecule has 0 aliphatic rings. The second-order valence-corrected chi connectivity index (χ2v) is 2.95. The minimum atomic E-state index is -1.55. The number of benzene rings is 1. The van der Waals surface area contributed by atoms with Gasteiger partial charge in [0.25, 0.3) is 0 Å². The molecule has 14 heavy (non-hydrogen) atoms. The second kappa shape index (κ2) is 3.28. The van der Waals surface area contributed by atoms with Crippen molar-refractivity contribution in [3.63, 3.8) is 0 Å². The van der Waals surface area contributed by atoms with E-state index in [1.54, 1.807) is 12.1 Å². The molecule has 4 nitrogen and oxygen atoms in total. The SMILES string of the molecule is OB(O)c1ccnc2c(O)cccc12. The molecule has 1 heterocycles. The lowest BCUT2D eigenvalue weighted by Crippen LogP contribution is -2.30. The number of phenolic OH excluding ortho intramolecular Hbond substituents is 1. The Labute approximate surface area is 80.6 Å². The first-order valence-electron chi connectivity index (χ1n) is 4.13. The smallest absolute Gasteiger partial charge is 0.489 e. The molecule has 0 unspecified atom stereocenters. The molecule has 0 saturated carbocycles. The first-order valence-corrected chi connectivity index (χ1v) is 4.13. The summed E-state index contributed by atoms with van der Waals surface area (Å²) >= 11 is 0. The largest absolute Gasteiger partial charge is 0.506 e. The summed E-state index contributed by atoms with van der Waals surface area (Å²) in [5.74, 6) is 0.0324. The Morgan fingerprint density at radius 2 is 1.93 bits per heavy atom. The molecule has 1 aromatic heterocycles. The predicted molar refractivity (Wildman–Crippen MR) is 53.2 cm³/mol. The van der Waals surface area contributed by atoms with Crippen molar-refractivity contribution >= 4 is 23.5 Å². The molecular weight excluding hydrogens is 181 g/mol. The Hall–Kier alpha value is -1.59. The summed E-state index contributed by atoms with van der Waals surface area (Å²) in [6.07, 6.45) is 1.43. The molecule has 5 heteroatoms. The zero-order chi connectivity index (χ0) is 10.1. The van der Waals surface area contributed by atoms with Crippen molar-refractivity contribution in [3.8, 4) is 5.75 Å². The maximum atomic E-state index is 9.45. The Balaban J connectivity index is 2.81. The summed E-state index contributed by atoms with van der Waals surface area (Å²) < 4.78 is 0.